The van der Waals surface area contributed by atoms with Gasteiger partial charge in [0.15, 0.2) is 11.5 Å². The molecule has 0 aliphatic carbocycles. The van der Waals surface area contributed by atoms with Crippen LogP contribution in [0.15, 0.2) is 39.8 Å². The van der Waals surface area contributed by atoms with E-state index in [2.05, 4.69) is 34.2 Å². The smallest absolute Gasteiger partial charge is 0.237 e. The Labute approximate surface area is 138 Å². The second-order valence-corrected chi connectivity index (χ2v) is 6.47. The largest absolute Gasteiger partial charge is 0.466 e. The van der Waals surface area contributed by atoms with Crippen LogP contribution in [0.2, 0.25) is 0 Å². The van der Waals surface area contributed by atoms with Crippen molar-refractivity contribution in [1.82, 2.24) is 0 Å². The summed E-state index contributed by atoms with van der Waals surface area (Å²) < 4.78 is 12.7. The molecule has 22 heavy (non-hydrogen) atoms. The first-order valence-electron chi connectivity index (χ1n) is 7.25. The highest BCUT2D eigenvalue weighted by atomic mass is 79.9. The Hall–Kier alpha value is -1.75. The van der Waals surface area contributed by atoms with Crippen LogP contribution in [0.1, 0.15) is 33.3 Å². The van der Waals surface area contributed by atoms with Crippen LogP contribution in [0, 0.1) is 0 Å². The number of nitrogens with one attached hydrogen (secondary N) is 1. The summed E-state index contributed by atoms with van der Waals surface area (Å²) in [6, 6.07) is 4.10. The number of carbonyl (C=O) groups excluding carboxylic acids is 1. The molecule has 1 aromatic rings. The summed E-state index contributed by atoms with van der Waals surface area (Å²) in [6.45, 7) is 7.26. The predicted molar refractivity (Wildman–Crippen MR) is 88.7 cm³/mol. The fourth-order valence-electron chi connectivity index (χ4n) is 3.07. The van der Waals surface area contributed by atoms with Gasteiger partial charge in [-0.3, -0.25) is 4.79 Å². The second kappa shape index (κ2) is 5.16. The van der Waals surface area contributed by atoms with Crippen molar-refractivity contribution < 1.29 is 14.3 Å². The number of benzene rings is 1. The van der Waals surface area contributed by atoms with Gasteiger partial charge in [-0.2, -0.15) is 0 Å². The van der Waals surface area contributed by atoms with E-state index in [4.69, 9.17) is 9.47 Å². The average molecular weight is 364 g/mol. The minimum Gasteiger partial charge on any atom is -0.466 e. The van der Waals surface area contributed by atoms with Crippen LogP contribution in [-0.4, -0.2) is 11.5 Å². The zero-order valence-corrected chi connectivity index (χ0v) is 14.6. The van der Waals surface area contributed by atoms with Crippen molar-refractivity contribution in [2.75, 3.05) is 5.32 Å². The van der Waals surface area contributed by atoms with Crippen molar-refractivity contribution in [2.24, 2.45) is 0 Å². The molecule has 1 N–H and O–H groups in total. The van der Waals surface area contributed by atoms with Gasteiger partial charge in [0.05, 0.1) is 10.2 Å². The lowest BCUT2D eigenvalue weighted by Gasteiger charge is -2.32. The topological polar surface area (TPSA) is 47.6 Å². The van der Waals surface area contributed by atoms with Crippen LogP contribution in [-0.2, 0) is 16.0 Å². The van der Waals surface area contributed by atoms with Gasteiger partial charge in [-0.1, -0.05) is 6.92 Å². The maximum atomic E-state index is 12.1. The first-order valence-corrected chi connectivity index (χ1v) is 8.05. The molecule has 4 nitrogen and oxygen atoms in total. The molecule has 0 unspecified atom stereocenters. The number of ketones is 1. The monoisotopic (exact) mass is 363 g/mol. The van der Waals surface area contributed by atoms with Crippen LogP contribution < -0.4 is 10.1 Å². The molecule has 5 heteroatoms. The van der Waals surface area contributed by atoms with Gasteiger partial charge in [0.1, 0.15) is 17.1 Å². The van der Waals surface area contributed by atoms with E-state index in [0.29, 0.717) is 17.1 Å². The van der Waals surface area contributed by atoms with E-state index in [1.165, 1.54) is 12.5 Å². The standard InChI is InChI=1S/C17H18BrNO3/c1-5-12-6-13(18)16-14(7-12)19-17(22-16)8-9(2)21-11(4)15(17)10(3)20/h6-8,19H,5H2,1-4H3/t17-/m0/s1. The summed E-state index contributed by atoms with van der Waals surface area (Å²) >= 11 is 3.56. The van der Waals surface area contributed by atoms with E-state index in [-0.39, 0.29) is 5.78 Å². The number of carbonyl (C=O) groups is 1. The van der Waals surface area contributed by atoms with Crippen molar-refractivity contribution in [2.45, 2.75) is 39.8 Å². The quantitative estimate of drug-likeness (QED) is 0.850. The van der Waals surface area contributed by atoms with E-state index in [0.717, 1.165) is 22.3 Å². The molecule has 0 saturated heterocycles. The molecule has 2 heterocycles. The van der Waals surface area contributed by atoms with Crippen LogP contribution in [0.4, 0.5) is 5.69 Å². The van der Waals surface area contributed by atoms with E-state index < -0.39 is 5.72 Å². The van der Waals surface area contributed by atoms with Crippen LogP contribution in [0.25, 0.3) is 0 Å². The number of ether oxygens (including phenoxy) is 2. The Bertz CT molecular complexity index is 736. The summed E-state index contributed by atoms with van der Waals surface area (Å²) in [5.74, 6) is 1.91. The van der Waals surface area contributed by atoms with Gasteiger partial charge in [-0.05, 0) is 60.8 Å². The van der Waals surface area contributed by atoms with Crippen molar-refractivity contribution in [3.05, 3.63) is 45.3 Å². The third kappa shape index (κ3) is 2.24. The molecular formula is C17H18BrNO3. The fraction of sp³-hybridized carbons (Fsp3) is 0.353. The van der Waals surface area contributed by atoms with Crippen molar-refractivity contribution in [3.8, 4) is 5.75 Å². The number of allylic oxidation sites excluding steroid dienone is 2. The summed E-state index contributed by atoms with van der Waals surface area (Å²) in [6.07, 6.45) is 2.74. The molecule has 3 rings (SSSR count). The lowest BCUT2D eigenvalue weighted by Crippen LogP contribution is -2.45. The van der Waals surface area contributed by atoms with Gasteiger partial charge < -0.3 is 14.8 Å². The second-order valence-electron chi connectivity index (χ2n) is 5.62. The molecule has 0 radical (unpaired) electrons. The SMILES string of the molecule is CCc1cc(Br)c2c(c1)N[C@@]1(C=C(C)OC(C)=C1C(C)=O)O2. The van der Waals surface area contributed by atoms with Crippen LogP contribution >= 0.6 is 15.9 Å². The highest BCUT2D eigenvalue weighted by Crippen LogP contribution is 2.48. The molecule has 2 aliphatic rings. The molecule has 0 bridgehead atoms. The number of halogens is 1. The Morgan fingerprint density at radius 1 is 1.36 bits per heavy atom. The van der Waals surface area contributed by atoms with E-state index in [1.54, 1.807) is 6.92 Å². The fourth-order valence-corrected chi connectivity index (χ4v) is 3.66. The van der Waals surface area contributed by atoms with Crippen LogP contribution in [0.5, 0.6) is 5.75 Å². The van der Waals surface area contributed by atoms with Gasteiger partial charge in [0.25, 0.3) is 0 Å². The van der Waals surface area contributed by atoms with E-state index >= 15 is 0 Å². The molecule has 2 aliphatic heterocycles. The predicted octanol–water partition coefficient (Wildman–Crippen LogP) is 4.31. The minimum absolute atomic E-state index is 0.0756. The molecule has 1 atom stereocenters. The molecule has 0 amide bonds. The Morgan fingerprint density at radius 3 is 2.73 bits per heavy atom. The zero-order chi connectivity index (χ0) is 16.1. The molecular weight excluding hydrogens is 346 g/mol. The Kier molecular flexibility index (Phi) is 3.56. The third-order valence-electron chi connectivity index (χ3n) is 3.89. The number of rotatable bonds is 2. The van der Waals surface area contributed by atoms with Gasteiger partial charge in [-0.25, -0.2) is 0 Å². The number of hydrogen-bond acceptors (Lipinski definition) is 4. The normalized spacial score (nSPS) is 22.7. The minimum atomic E-state index is -0.991. The Morgan fingerprint density at radius 2 is 2.09 bits per heavy atom. The first-order chi connectivity index (χ1) is 10.4. The first kappa shape index (κ1) is 15.2. The van der Waals surface area contributed by atoms with Crippen LogP contribution in [0.3, 0.4) is 0 Å². The summed E-state index contributed by atoms with van der Waals surface area (Å²) in [7, 11) is 0. The number of aryl methyl sites for hydroxylation is 1. The lowest BCUT2D eigenvalue weighted by molar-refractivity contribution is -0.115. The van der Waals surface area contributed by atoms with Crippen molar-refractivity contribution in [3.63, 3.8) is 0 Å². The number of Topliss-reactive ketones (excluding diaryl/α,β-unsaturated/α-hetero) is 1. The van der Waals surface area contributed by atoms with Gasteiger partial charge >= 0.3 is 0 Å². The number of anilines is 1. The molecule has 1 aromatic carbocycles. The number of fused-ring (bicyclic) bond motifs is 1. The van der Waals surface area contributed by atoms with E-state index in [1.807, 2.05) is 19.1 Å². The summed E-state index contributed by atoms with van der Waals surface area (Å²) in [4.78, 5) is 12.1. The summed E-state index contributed by atoms with van der Waals surface area (Å²) in [5, 5.41) is 3.37. The zero-order valence-electron chi connectivity index (χ0n) is 13.0. The molecule has 0 fully saturated rings. The highest BCUT2D eigenvalue weighted by Gasteiger charge is 2.47. The maximum absolute atomic E-state index is 12.1. The van der Waals surface area contributed by atoms with Crippen molar-refractivity contribution >= 4 is 27.4 Å². The van der Waals surface area contributed by atoms with Crippen molar-refractivity contribution in [1.29, 1.82) is 0 Å². The molecule has 0 saturated carbocycles. The lowest BCUT2D eigenvalue weighted by atomic mass is 9.95. The third-order valence-corrected chi connectivity index (χ3v) is 4.48. The average Bonchev–Trinajstić information content (AvgIpc) is 2.75. The number of hydrogen-bond donors (Lipinski definition) is 1. The Balaban J connectivity index is 2.14. The van der Waals surface area contributed by atoms with Gasteiger partial charge in [0, 0.05) is 6.08 Å². The maximum Gasteiger partial charge on any atom is 0.237 e. The summed E-state index contributed by atoms with van der Waals surface area (Å²) in [5.41, 5.74) is 1.58. The van der Waals surface area contributed by atoms with Gasteiger partial charge in [-0.15, -0.1) is 0 Å². The highest BCUT2D eigenvalue weighted by molar-refractivity contribution is 9.10. The van der Waals surface area contributed by atoms with E-state index in [9.17, 15) is 4.79 Å². The van der Waals surface area contributed by atoms with Gasteiger partial charge in [0.2, 0.25) is 5.72 Å². The molecule has 0 aromatic heterocycles. The molecule has 116 valence electrons. The molecule has 1 spiro atoms.